The summed E-state index contributed by atoms with van der Waals surface area (Å²) in [5.41, 5.74) is -2.50. The van der Waals surface area contributed by atoms with E-state index in [0.29, 0.717) is 26.1 Å². The van der Waals surface area contributed by atoms with Gasteiger partial charge in [0, 0.05) is 37.9 Å². The maximum absolute atomic E-state index is 13.5. The van der Waals surface area contributed by atoms with Gasteiger partial charge in [-0.25, -0.2) is 0 Å². The van der Waals surface area contributed by atoms with Crippen molar-refractivity contribution in [3.05, 3.63) is 64.7 Å². The van der Waals surface area contributed by atoms with Crippen molar-refractivity contribution in [3.8, 4) is 6.07 Å². The second kappa shape index (κ2) is 9.38. The fourth-order valence-corrected chi connectivity index (χ4v) is 4.00. The van der Waals surface area contributed by atoms with Gasteiger partial charge in [0.15, 0.2) is 0 Å². The number of benzene rings is 2. The summed E-state index contributed by atoms with van der Waals surface area (Å²) in [6, 6.07) is 9.32. The van der Waals surface area contributed by atoms with Crippen LogP contribution in [0, 0.1) is 11.3 Å². The number of rotatable bonds is 6. The number of hydrogen-bond acceptors (Lipinski definition) is 4. The summed E-state index contributed by atoms with van der Waals surface area (Å²) in [5, 5.41) is 18.2. The normalized spacial score (nSPS) is 17.4. The lowest BCUT2D eigenvalue weighted by atomic mass is 10.0. The fraction of sp³-hybridized carbons (Fsp3) is 0.409. The van der Waals surface area contributed by atoms with Crippen molar-refractivity contribution in [1.29, 1.82) is 5.26 Å². The Kier molecular flexibility index (Phi) is 7.00. The number of likely N-dealkylation sites (tertiary alicyclic amines) is 1. The highest BCUT2D eigenvalue weighted by atomic mass is 19.4. The van der Waals surface area contributed by atoms with Crippen molar-refractivity contribution in [3.63, 3.8) is 0 Å². The van der Waals surface area contributed by atoms with Gasteiger partial charge in [0.1, 0.15) is 0 Å². The summed E-state index contributed by atoms with van der Waals surface area (Å²) in [4.78, 5) is 3.43. The summed E-state index contributed by atoms with van der Waals surface area (Å²) in [6.45, 7) is 0.959. The van der Waals surface area contributed by atoms with Crippen LogP contribution in [0.1, 0.15) is 28.7 Å². The van der Waals surface area contributed by atoms with Gasteiger partial charge in [0.05, 0.1) is 29.4 Å². The molecular weight excluding hydrogens is 436 g/mol. The van der Waals surface area contributed by atoms with Gasteiger partial charge < -0.3 is 10.0 Å². The second-order valence-electron chi connectivity index (χ2n) is 7.59. The predicted molar refractivity (Wildman–Crippen MR) is 106 cm³/mol. The van der Waals surface area contributed by atoms with Gasteiger partial charge in [-0.05, 0) is 36.2 Å². The van der Waals surface area contributed by atoms with E-state index in [1.54, 1.807) is 0 Å². The molecule has 0 amide bonds. The average molecular weight is 457 g/mol. The molecule has 0 aliphatic carbocycles. The zero-order valence-electron chi connectivity index (χ0n) is 16.9. The van der Waals surface area contributed by atoms with Crippen LogP contribution in [0.5, 0.6) is 0 Å². The Bertz CT molecular complexity index is 983. The monoisotopic (exact) mass is 457 g/mol. The van der Waals surface area contributed by atoms with Crippen molar-refractivity contribution < 1.29 is 31.4 Å². The molecular formula is C22H21F6N3O. The maximum Gasteiger partial charge on any atom is 0.417 e. The lowest BCUT2D eigenvalue weighted by Crippen LogP contribution is -2.38. The molecule has 0 saturated carbocycles. The molecule has 10 heteroatoms. The molecule has 1 atom stereocenters. The fourth-order valence-electron chi connectivity index (χ4n) is 4.00. The van der Waals surface area contributed by atoms with Gasteiger partial charge in [0.2, 0.25) is 0 Å². The molecule has 0 aromatic heterocycles. The minimum Gasteiger partial charge on any atom is -0.395 e. The smallest absolute Gasteiger partial charge is 0.395 e. The standard InChI is InChI=1S/C22H21F6N3O/c23-21(24,25)19-4-2-1-3-16(19)13-31(18-7-8-30(14-18)9-10-32)17-6-5-15(12-29)20(11-17)22(26,27)28/h1-6,11,18,32H,7-10,13-14H2/t18-/m0/s1. The molecule has 2 aromatic carbocycles. The second-order valence-corrected chi connectivity index (χ2v) is 7.59. The molecule has 32 heavy (non-hydrogen) atoms. The van der Waals surface area contributed by atoms with E-state index >= 15 is 0 Å². The SMILES string of the molecule is N#Cc1ccc(N(Cc2ccccc2C(F)(F)F)[C@H]2CCN(CCO)C2)cc1C(F)(F)F. The molecule has 0 spiro atoms. The molecule has 1 aliphatic rings. The Morgan fingerprint density at radius 3 is 2.34 bits per heavy atom. The molecule has 0 unspecified atom stereocenters. The van der Waals surface area contributed by atoms with Crippen LogP contribution in [0.2, 0.25) is 0 Å². The highest BCUT2D eigenvalue weighted by Crippen LogP contribution is 2.37. The number of halogens is 6. The molecule has 1 saturated heterocycles. The van der Waals surface area contributed by atoms with E-state index in [1.807, 2.05) is 4.90 Å². The average Bonchev–Trinajstić information content (AvgIpc) is 3.19. The first kappa shape index (κ1) is 23.9. The van der Waals surface area contributed by atoms with Gasteiger partial charge in [-0.2, -0.15) is 31.6 Å². The van der Waals surface area contributed by atoms with Crippen LogP contribution in [-0.4, -0.2) is 42.3 Å². The molecule has 3 rings (SSSR count). The van der Waals surface area contributed by atoms with Crippen LogP contribution >= 0.6 is 0 Å². The Labute approximate surface area is 181 Å². The summed E-state index contributed by atoms with van der Waals surface area (Å²) in [7, 11) is 0. The third-order valence-electron chi connectivity index (χ3n) is 5.53. The summed E-state index contributed by atoms with van der Waals surface area (Å²) in [5.74, 6) is 0. The van der Waals surface area contributed by atoms with E-state index in [4.69, 9.17) is 5.26 Å². The number of nitrogens with zero attached hydrogens (tertiary/aromatic N) is 3. The third-order valence-corrected chi connectivity index (χ3v) is 5.53. The topological polar surface area (TPSA) is 50.5 Å². The first-order chi connectivity index (χ1) is 15.0. The third kappa shape index (κ3) is 5.34. The molecule has 1 heterocycles. The van der Waals surface area contributed by atoms with Gasteiger partial charge in [-0.3, -0.25) is 4.90 Å². The minimum absolute atomic E-state index is 0.0569. The van der Waals surface area contributed by atoms with Crippen LogP contribution in [0.25, 0.3) is 0 Å². The lowest BCUT2D eigenvalue weighted by molar-refractivity contribution is -0.138. The summed E-state index contributed by atoms with van der Waals surface area (Å²) < 4.78 is 81.1. The quantitative estimate of drug-likeness (QED) is 0.641. The van der Waals surface area contributed by atoms with Crippen molar-refractivity contribution in [2.24, 2.45) is 0 Å². The number of β-amino-alcohol motifs (C(OH)–C–C–N with tert-alkyl or cyclic N) is 1. The first-order valence-electron chi connectivity index (χ1n) is 9.91. The number of nitriles is 1. The zero-order valence-corrected chi connectivity index (χ0v) is 16.9. The molecule has 1 aliphatic heterocycles. The van der Waals surface area contributed by atoms with E-state index in [1.165, 1.54) is 35.2 Å². The van der Waals surface area contributed by atoms with Crippen LogP contribution in [0.4, 0.5) is 32.0 Å². The Hall–Kier alpha value is -2.77. The minimum atomic E-state index is -4.78. The van der Waals surface area contributed by atoms with E-state index in [2.05, 4.69) is 0 Å². The molecule has 0 radical (unpaired) electrons. The van der Waals surface area contributed by atoms with E-state index < -0.39 is 29.0 Å². The van der Waals surface area contributed by atoms with Crippen LogP contribution in [-0.2, 0) is 18.9 Å². The zero-order chi connectivity index (χ0) is 23.5. The van der Waals surface area contributed by atoms with Gasteiger partial charge in [-0.15, -0.1) is 0 Å². The number of alkyl halides is 6. The predicted octanol–water partition coefficient (Wildman–Crippen LogP) is 4.67. The molecule has 4 nitrogen and oxygen atoms in total. The van der Waals surface area contributed by atoms with Crippen LogP contribution in [0.3, 0.4) is 0 Å². The first-order valence-corrected chi connectivity index (χ1v) is 9.91. The van der Waals surface area contributed by atoms with Crippen molar-refractivity contribution >= 4 is 5.69 Å². The van der Waals surface area contributed by atoms with Gasteiger partial charge >= 0.3 is 12.4 Å². The van der Waals surface area contributed by atoms with Crippen LogP contribution < -0.4 is 4.90 Å². The lowest BCUT2D eigenvalue weighted by Gasteiger charge is -2.33. The molecule has 1 fully saturated rings. The highest BCUT2D eigenvalue weighted by Gasteiger charge is 2.37. The Morgan fingerprint density at radius 2 is 1.72 bits per heavy atom. The summed E-state index contributed by atoms with van der Waals surface area (Å²) in [6.07, 6.45) is -8.88. The number of anilines is 1. The number of aliphatic hydroxyl groups excluding tert-OH is 1. The Morgan fingerprint density at radius 1 is 1.03 bits per heavy atom. The molecule has 172 valence electrons. The largest absolute Gasteiger partial charge is 0.417 e. The van der Waals surface area contributed by atoms with E-state index in [9.17, 15) is 31.4 Å². The number of hydrogen-bond donors (Lipinski definition) is 1. The molecule has 0 bridgehead atoms. The van der Waals surface area contributed by atoms with Crippen molar-refractivity contribution in [2.45, 2.75) is 31.4 Å². The van der Waals surface area contributed by atoms with Crippen molar-refractivity contribution in [2.75, 3.05) is 31.1 Å². The van der Waals surface area contributed by atoms with E-state index in [-0.39, 0.29) is 30.4 Å². The van der Waals surface area contributed by atoms with E-state index in [0.717, 1.165) is 18.2 Å². The van der Waals surface area contributed by atoms with Gasteiger partial charge in [-0.1, -0.05) is 18.2 Å². The van der Waals surface area contributed by atoms with Crippen LogP contribution in [0.15, 0.2) is 42.5 Å². The van der Waals surface area contributed by atoms with Crippen molar-refractivity contribution in [1.82, 2.24) is 4.90 Å². The molecule has 1 N–H and O–H groups in total. The molecule has 2 aromatic rings. The highest BCUT2D eigenvalue weighted by molar-refractivity contribution is 5.56. The maximum atomic E-state index is 13.5. The summed E-state index contributed by atoms with van der Waals surface area (Å²) >= 11 is 0. The Balaban J connectivity index is 2.05. The van der Waals surface area contributed by atoms with Gasteiger partial charge in [0.25, 0.3) is 0 Å². The number of aliphatic hydroxyl groups is 1.